The molecule has 1 N–H and O–H groups in total. The van der Waals surface area contributed by atoms with Gasteiger partial charge in [0, 0.05) is 20.0 Å². The number of carboxylic acids is 1. The fourth-order valence-corrected chi connectivity index (χ4v) is 2.90. The number of likely N-dealkylation sites (tertiary alicyclic amines) is 1. The molecule has 23 heavy (non-hydrogen) atoms. The number of esters is 1. The fourth-order valence-electron chi connectivity index (χ4n) is 2.90. The van der Waals surface area contributed by atoms with Gasteiger partial charge in [-0.2, -0.15) is 0 Å². The molecule has 0 amide bonds. The maximum atomic E-state index is 11.2. The molecule has 1 aromatic rings. The van der Waals surface area contributed by atoms with E-state index in [0.29, 0.717) is 18.8 Å². The Balaban J connectivity index is 2.03. The van der Waals surface area contributed by atoms with Gasteiger partial charge in [0.2, 0.25) is 0 Å². The lowest BCUT2D eigenvalue weighted by molar-refractivity contribution is -0.145. The molecule has 0 aromatic heterocycles. The molecule has 0 saturated carbocycles. The highest BCUT2D eigenvalue weighted by atomic mass is 16.5. The zero-order chi connectivity index (χ0) is 17.1. The van der Waals surface area contributed by atoms with Crippen LogP contribution in [0.25, 0.3) is 0 Å². The Morgan fingerprint density at radius 3 is 2.61 bits per heavy atom. The molecule has 0 unspecified atom stereocenters. The minimum Gasteiger partial charge on any atom is -0.478 e. The number of carbonyl (C=O) groups is 2. The second-order valence-electron chi connectivity index (χ2n) is 6.00. The van der Waals surface area contributed by atoms with Crippen LogP contribution in [0.1, 0.15) is 40.4 Å². The van der Waals surface area contributed by atoms with Crippen LogP contribution < -0.4 is 4.74 Å². The van der Waals surface area contributed by atoms with E-state index in [1.807, 2.05) is 13.8 Å². The van der Waals surface area contributed by atoms with Crippen molar-refractivity contribution < 1.29 is 24.2 Å². The summed E-state index contributed by atoms with van der Waals surface area (Å²) < 4.78 is 11.1. The van der Waals surface area contributed by atoms with Crippen LogP contribution >= 0.6 is 0 Å². The Bertz CT molecular complexity index is 626. The first-order valence-electron chi connectivity index (χ1n) is 7.66. The number of hydrogen-bond acceptors (Lipinski definition) is 5. The van der Waals surface area contributed by atoms with Gasteiger partial charge in [-0.25, -0.2) is 4.79 Å². The maximum Gasteiger partial charge on any atom is 0.335 e. The van der Waals surface area contributed by atoms with Crippen LogP contribution in [0.3, 0.4) is 0 Å². The van der Waals surface area contributed by atoms with Gasteiger partial charge in [0.1, 0.15) is 18.6 Å². The highest BCUT2D eigenvalue weighted by molar-refractivity contribution is 5.90. The van der Waals surface area contributed by atoms with Crippen molar-refractivity contribution in [3.63, 3.8) is 0 Å². The number of ether oxygens (including phenoxy) is 2. The summed E-state index contributed by atoms with van der Waals surface area (Å²) in [5.41, 5.74) is 2.68. The number of carbonyl (C=O) groups excluding carboxylic acids is 1. The molecule has 1 fully saturated rings. The second-order valence-corrected chi connectivity index (χ2v) is 6.00. The van der Waals surface area contributed by atoms with E-state index in [2.05, 4.69) is 4.90 Å². The minimum atomic E-state index is -0.927. The van der Waals surface area contributed by atoms with Crippen LogP contribution in [0.15, 0.2) is 6.07 Å². The molecule has 0 spiro atoms. The Hall–Kier alpha value is -2.08. The molecule has 1 aliphatic rings. The molecule has 0 bridgehead atoms. The summed E-state index contributed by atoms with van der Waals surface area (Å²) in [6, 6.07) is 1.64. The van der Waals surface area contributed by atoms with Gasteiger partial charge in [0.05, 0.1) is 5.56 Å². The lowest BCUT2D eigenvalue weighted by atomic mass is 9.99. The van der Waals surface area contributed by atoms with Gasteiger partial charge in [0.15, 0.2) is 0 Å². The standard InChI is InChI=1S/C17H23NO5/c1-10-7-15(17(20)21)11(2)12(3)16(10)22-9-18-6-5-14(8-18)23-13(4)19/h7,14H,5-6,8-9H2,1-4H3,(H,20,21)/t14-/m0/s1. The third kappa shape index (κ3) is 4.01. The first kappa shape index (κ1) is 17.3. The van der Waals surface area contributed by atoms with Crippen molar-refractivity contribution in [3.8, 4) is 5.75 Å². The number of nitrogens with zero attached hydrogens (tertiary/aromatic N) is 1. The van der Waals surface area contributed by atoms with Gasteiger partial charge in [-0.3, -0.25) is 9.69 Å². The van der Waals surface area contributed by atoms with Gasteiger partial charge in [-0.1, -0.05) is 0 Å². The molecule has 6 heteroatoms. The predicted molar refractivity (Wildman–Crippen MR) is 84.9 cm³/mol. The van der Waals surface area contributed by atoms with E-state index in [1.54, 1.807) is 13.0 Å². The van der Waals surface area contributed by atoms with E-state index in [4.69, 9.17) is 9.47 Å². The monoisotopic (exact) mass is 321 g/mol. The van der Waals surface area contributed by atoms with Crippen molar-refractivity contribution in [2.24, 2.45) is 0 Å². The van der Waals surface area contributed by atoms with Crippen LogP contribution in [0.4, 0.5) is 0 Å². The largest absolute Gasteiger partial charge is 0.478 e. The lowest BCUT2D eigenvalue weighted by Crippen LogP contribution is -2.28. The van der Waals surface area contributed by atoms with Gasteiger partial charge in [0.25, 0.3) is 0 Å². The van der Waals surface area contributed by atoms with Crippen LogP contribution in [-0.2, 0) is 9.53 Å². The smallest absolute Gasteiger partial charge is 0.335 e. The molecule has 1 heterocycles. The Labute approximate surface area is 136 Å². The molecule has 0 aliphatic carbocycles. The molecule has 1 saturated heterocycles. The van der Waals surface area contributed by atoms with E-state index in [0.717, 1.165) is 35.4 Å². The molecule has 1 aliphatic heterocycles. The summed E-state index contributed by atoms with van der Waals surface area (Å²) in [7, 11) is 0. The number of benzene rings is 1. The van der Waals surface area contributed by atoms with Gasteiger partial charge >= 0.3 is 11.9 Å². The summed E-state index contributed by atoms with van der Waals surface area (Å²) >= 11 is 0. The summed E-state index contributed by atoms with van der Waals surface area (Å²) in [6.45, 7) is 8.78. The molecule has 1 atom stereocenters. The van der Waals surface area contributed by atoms with E-state index in [1.165, 1.54) is 6.92 Å². The molecular formula is C17H23NO5. The Morgan fingerprint density at radius 2 is 2.00 bits per heavy atom. The number of hydrogen-bond donors (Lipinski definition) is 1. The maximum absolute atomic E-state index is 11.2. The Morgan fingerprint density at radius 1 is 1.30 bits per heavy atom. The molecule has 0 radical (unpaired) electrons. The summed E-state index contributed by atoms with van der Waals surface area (Å²) in [4.78, 5) is 24.3. The number of aryl methyl sites for hydroxylation is 1. The first-order chi connectivity index (χ1) is 10.8. The van der Waals surface area contributed by atoms with Crippen molar-refractivity contribution in [3.05, 3.63) is 28.3 Å². The molecule has 2 rings (SSSR count). The lowest BCUT2D eigenvalue weighted by Gasteiger charge is -2.20. The number of rotatable bonds is 5. The van der Waals surface area contributed by atoms with Crippen molar-refractivity contribution in [1.29, 1.82) is 0 Å². The molecule has 1 aromatic carbocycles. The second kappa shape index (κ2) is 7.00. The van der Waals surface area contributed by atoms with Crippen LogP contribution in [0.5, 0.6) is 5.75 Å². The first-order valence-corrected chi connectivity index (χ1v) is 7.66. The number of carboxylic acid groups (broad SMARTS) is 1. The highest BCUT2D eigenvalue weighted by Gasteiger charge is 2.25. The third-order valence-corrected chi connectivity index (χ3v) is 4.21. The SMILES string of the molecule is CC(=O)O[C@H]1CCN(COc2c(C)cc(C(=O)O)c(C)c2C)C1. The topological polar surface area (TPSA) is 76.1 Å². The van der Waals surface area contributed by atoms with Crippen LogP contribution in [-0.4, -0.2) is 47.9 Å². The molecular weight excluding hydrogens is 298 g/mol. The van der Waals surface area contributed by atoms with Crippen LogP contribution in [0, 0.1) is 20.8 Å². The number of aromatic carboxylic acids is 1. The summed E-state index contributed by atoms with van der Waals surface area (Å²) in [5, 5.41) is 9.22. The minimum absolute atomic E-state index is 0.0746. The van der Waals surface area contributed by atoms with Gasteiger partial charge in [-0.15, -0.1) is 0 Å². The Kier molecular flexibility index (Phi) is 5.26. The molecule has 126 valence electrons. The zero-order valence-corrected chi connectivity index (χ0v) is 14.0. The van der Waals surface area contributed by atoms with E-state index in [9.17, 15) is 14.7 Å². The van der Waals surface area contributed by atoms with Crippen molar-refractivity contribution >= 4 is 11.9 Å². The summed E-state index contributed by atoms with van der Waals surface area (Å²) in [6.07, 6.45) is 0.729. The average molecular weight is 321 g/mol. The molecule has 6 nitrogen and oxygen atoms in total. The van der Waals surface area contributed by atoms with Crippen molar-refractivity contribution in [2.45, 2.75) is 40.2 Å². The average Bonchev–Trinajstić information content (AvgIpc) is 2.89. The predicted octanol–water partition coefficient (Wildman–Crippen LogP) is 2.28. The summed E-state index contributed by atoms with van der Waals surface area (Å²) in [5.74, 6) is -0.461. The highest BCUT2D eigenvalue weighted by Crippen LogP contribution is 2.29. The van der Waals surface area contributed by atoms with Gasteiger partial charge < -0.3 is 14.6 Å². The zero-order valence-electron chi connectivity index (χ0n) is 14.0. The fraction of sp³-hybridized carbons (Fsp3) is 0.529. The van der Waals surface area contributed by atoms with E-state index < -0.39 is 5.97 Å². The van der Waals surface area contributed by atoms with E-state index >= 15 is 0 Å². The van der Waals surface area contributed by atoms with Crippen molar-refractivity contribution in [2.75, 3.05) is 19.8 Å². The quantitative estimate of drug-likeness (QED) is 0.839. The normalized spacial score (nSPS) is 18.0. The van der Waals surface area contributed by atoms with Crippen molar-refractivity contribution in [1.82, 2.24) is 4.90 Å². The van der Waals surface area contributed by atoms with Crippen LogP contribution in [0.2, 0.25) is 0 Å². The van der Waals surface area contributed by atoms with Gasteiger partial charge in [-0.05, 0) is 49.9 Å². The van der Waals surface area contributed by atoms with E-state index in [-0.39, 0.29) is 12.1 Å². The third-order valence-electron chi connectivity index (χ3n) is 4.21.